The molecular weight excluding hydrogens is 560 g/mol. The molecule has 2 amide bonds. The van der Waals surface area contributed by atoms with Gasteiger partial charge < -0.3 is 9.47 Å². The first-order valence-corrected chi connectivity index (χ1v) is 17.2. The monoisotopic (exact) mass is 615 g/mol. The van der Waals surface area contributed by atoms with E-state index in [1.54, 1.807) is 24.3 Å². The molecule has 1 heterocycles. The van der Waals surface area contributed by atoms with Crippen LogP contribution >= 0.6 is 0 Å². The molecule has 244 valence electrons. The summed E-state index contributed by atoms with van der Waals surface area (Å²) in [7, 11) is 1.53. The molecule has 0 aliphatic carbocycles. The number of hydrogen-bond donors (Lipinski definition) is 0. The highest BCUT2D eigenvalue weighted by molar-refractivity contribution is 6.11. The van der Waals surface area contributed by atoms with Gasteiger partial charge in [0.2, 0.25) is 5.69 Å². The molecule has 45 heavy (non-hydrogen) atoms. The lowest BCUT2D eigenvalue weighted by atomic mass is 10.0. The molecule has 0 bridgehead atoms. The number of pyridine rings is 1. The first-order valence-electron chi connectivity index (χ1n) is 17.2. The SMILES string of the molecule is CCCCCCCCCCCCCCOc1cccc(C(=O)N(Cc2cccc[n+]2CCC)C(=O)c2ccccc2OC)c1C. The van der Waals surface area contributed by atoms with Crippen LogP contribution in [0.4, 0.5) is 0 Å². The van der Waals surface area contributed by atoms with E-state index in [0.29, 0.717) is 29.2 Å². The number of nitrogens with zero attached hydrogens (tertiary/aromatic N) is 2. The van der Waals surface area contributed by atoms with Crippen LogP contribution in [-0.2, 0) is 13.1 Å². The van der Waals surface area contributed by atoms with Crippen LogP contribution in [0, 0.1) is 6.92 Å². The van der Waals surface area contributed by atoms with Gasteiger partial charge in [0.15, 0.2) is 6.20 Å². The quantitative estimate of drug-likeness (QED) is 0.0681. The van der Waals surface area contributed by atoms with Crippen molar-refractivity contribution in [1.82, 2.24) is 4.90 Å². The van der Waals surface area contributed by atoms with Gasteiger partial charge in [0.25, 0.3) is 11.8 Å². The topological polar surface area (TPSA) is 59.7 Å². The second kappa shape index (κ2) is 20.4. The van der Waals surface area contributed by atoms with Crippen molar-refractivity contribution in [2.24, 2.45) is 0 Å². The molecule has 0 N–H and O–H groups in total. The third-order valence-electron chi connectivity index (χ3n) is 8.42. The number of para-hydroxylation sites is 1. The van der Waals surface area contributed by atoms with Crippen molar-refractivity contribution in [3.8, 4) is 11.5 Å². The van der Waals surface area contributed by atoms with Crippen LogP contribution in [0.1, 0.15) is 129 Å². The van der Waals surface area contributed by atoms with Crippen LogP contribution in [0.3, 0.4) is 0 Å². The zero-order chi connectivity index (χ0) is 32.3. The summed E-state index contributed by atoms with van der Waals surface area (Å²) >= 11 is 0. The smallest absolute Gasteiger partial charge is 0.265 e. The Balaban J connectivity index is 1.64. The van der Waals surface area contributed by atoms with E-state index in [-0.39, 0.29) is 12.5 Å². The molecule has 0 saturated heterocycles. The minimum atomic E-state index is -0.397. The molecule has 3 rings (SSSR count). The Morgan fingerprint density at radius 2 is 1.24 bits per heavy atom. The van der Waals surface area contributed by atoms with Gasteiger partial charge in [0, 0.05) is 29.7 Å². The lowest BCUT2D eigenvalue weighted by Gasteiger charge is -2.23. The number of imide groups is 1. The molecule has 6 heteroatoms. The van der Waals surface area contributed by atoms with Crippen LogP contribution in [0.2, 0.25) is 0 Å². The number of benzene rings is 2. The standard InChI is InChI=1S/C39H55N2O4/c1-5-7-8-9-10-11-12-13-14-15-16-21-30-45-36-27-22-25-34(32(36)3)38(42)41(31-33-23-19-20-29-40(33)28-6-2)39(43)35-24-17-18-26-37(35)44-4/h17-20,22-27,29H,5-16,21,28,30-31H2,1-4H3/q+1. The zero-order valence-corrected chi connectivity index (χ0v) is 28.2. The maximum absolute atomic E-state index is 14.2. The molecule has 0 unspecified atom stereocenters. The minimum Gasteiger partial charge on any atom is -0.496 e. The fourth-order valence-electron chi connectivity index (χ4n) is 5.75. The largest absolute Gasteiger partial charge is 0.496 e. The van der Waals surface area contributed by atoms with Gasteiger partial charge in [-0.1, -0.05) is 109 Å². The number of aromatic nitrogens is 1. The predicted molar refractivity (Wildman–Crippen MR) is 182 cm³/mol. The van der Waals surface area contributed by atoms with E-state index in [4.69, 9.17) is 9.47 Å². The van der Waals surface area contributed by atoms with Gasteiger partial charge in [-0.3, -0.25) is 14.5 Å². The van der Waals surface area contributed by atoms with Crippen molar-refractivity contribution in [3.63, 3.8) is 0 Å². The van der Waals surface area contributed by atoms with E-state index in [1.165, 1.54) is 76.2 Å². The molecule has 0 aliphatic rings. The Morgan fingerprint density at radius 1 is 0.667 bits per heavy atom. The second-order valence-electron chi connectivity index (χ2n) is 11.9. The van der Waals surface area contributed by atoms with Crippen molar-refractivity contribution in [2.75, 3.05) is 13.7 Å². The van der Waals surface area contributed by atoms with E-state index in [1.807, 2.05) is 49.5 Å². The molecule has 0 radical (unpaired) electrons. The number of ether oxygens (including phenoxy) is 2. The third-order valence-corrected chi connectivity index (χ3v) is 8.42. The molecule has 2 aromatic carbocycles. The van der Waals surface area contributed by atoms with E-state index < -0.39 is 5.91 Å². The minimum absolute atomic E-state index is 0.139. The maximum Gasteiger partial charge on any atom is 0.265 e. The van der Waals surface area contributed by atoms with E-state index in [0.717, 1.165) is 37.1 Å². The van der Waals surface area contributed by atoms with Crippen LogP contribution in [-0.4, -0.2) is 30.4 Å². The maximum atomic E-state index is 14.2. The number of methoxy groups -OCH3 is 1. The Morgan fingerprint density at radius 3 is 1.91 bits per heavy atom. The van der Waals surface area contributed by atoms with Gasteiger partial charge in [-0.2, -0.15) is 0 Å². The molecule has 6 nitrogen and oxygen atoms in total. The number of unbranched alkanes of at least 4 members (excludes halogenated alkanes) is 11. The average molecular weight is 616 g/mol. The van der Waals surface area contributed by atoms with Gasteiger partial charge in [-0.05, 0) is 37.6 Å². The number of aryl methyl sites for hydroxylation is 1. The lowest BCUT2D eigenvalue weighted by molar-refractivity contribution is -0.704. The first-order chi connectivity index (χ1) is 22.0. The van der Waals surface area contributed by atoms with E-state index in [2.05, 4.69) is 18.4 Å². The first kappa shape index (κ1) is 35.8. The highest BCUT2D eigenvalue weighted by atomic mass is 16.5. The van der Waals surface area contributed by atoms with Gasteiger partial charge in [0.1, 0.15) is 24.6 Å². The summed E-state index contributed by atoms with van der Waals surface area (Å²) in [6.07, 6.45) is 18.5. The summed E-state index contributed by atoms with van der Waals surface area (Å²) in [5.41, 5.74) is 2.44. The van der Waals surface area contributed by atoms with Crippen molar-refractivity contribution in [3.05, 3.63) is 89.2 Å². The molecule has 0 spiro atoms. The molecule has 0 saturated carbocycles. The molecule has 1 aromatic heterocycles. The Bertz CT molecular complexity index is 1320. The van der Waals surface area contributed by atoms with Crippen molar-refractivity contribution in [1.29, 1.82) is 0 Å². The molecule has 0 fully saturated rings. The summed E-state index contributed by atoms with van der Waals surface area (Å²) in [6, 6.07) is 18.4. The van der Waals surface area contributed by atoms with Crippen LogP contribution < -0.4 is 14.0 Å². The van der Waals surface area contributed by atoms with Gasteiger partial charge >= 0.3 is 0 Å². The van der Waals surface area contributed by atoms with Crippen LogP contribution in [0.25, 0.3) is 0 Å². The van der Waals surface area contributed by atoms with Gasteiger partial charge in [0.05, 0.1) is 19.3 Å². The zero-order valence-electron chi connectivity index (χ0n) is 28.2. The lowest BCUT2D eigenvalue weighted by Crippen LogP contribution is -2.44. The van der Waals surface area contributed by atoms with E-state index in [9.17, 15) is 9.59 Å². The molecule has 0 atom stereocenters. The van der Waals surface area contributed by atoms with Crippen LogP contribution in [0.15, 0.2) is 66.9 Å². The fraction of sp³-hybridized carbons (Fsp3) is 0.513. The van der Waals surface area contributed by atoms with Gasteiger partial charge in [-0.15, -0.1) is 0 Å². The number of amides is 2. The Kier molecular flexibility index (Phi) is 16.2. The highest BCUT2D eigenvalue weighted by Gasteiger charge is 2.30. The summed E-state index contributed by atoms with van der Waals surface area (Å²) in [4.78, 5) is 29.5. The normalized spacial score (nSPS) is 10.9. The number of carbonyl (C=O) groups excluding carboxylic acids is 2. The molecule has 3 aromatic rings. The number of rotatable bonds is 21. The predicted octanol–water partition coefficient (Wildman–Crippen LogP) is 9.26. The number of carbonyl (C=O) groups is 2. The summed E-state index contributed by atoms with van der Waals surface area (Å²) in [5.74, 6) is 0.373. The highest BCUT2D eigenvalue weighted by Crippen LogP contribution is 2.26. The van der Waals surface area contributed by atoms with Crippen molar-refractivity contribution in [2.45, 2.75) is 117 Å². The van der Waals surface area contributed by atoms with E-state index >= 15 is 0 Å². The Hall–Kier alpha value is -3.67. The molecular formula is C39H55N2O4+. The van der Waals surface area contributed by atoms with Gasteiger partial charge in [-0.25, -0.2) is 4.57 Å². The second-order valence-corrected chi connectivity index (χ2v) is 11.9. The summed E-state index contributed by atoms with van der Waals surface area (Å²) < 4.78 is 13.8. The Labute approximate surface area is 271 Å². The van der Waals surface area contributed by atoms with Crippen LogP contribution in [0.5, 0.6) is 11.5 Å². The number of hydrogen-bond acceptors (Lipinski definition) is 4. The van der Waals surface area contributed by atoms with Crippen molar-refractivity contribution < 1.29 is 23.6 Å². The fourth-order valence-corrected chi connectivity index (χ4v) is 5.75. The van der Waals surface area contributed by atoms with Crippen molar-refractivity contribution >= 4 is 11.8 Å². The third kappa shape index (κ3) is 11.3. The average Bonchev–Trinajstić information content (AvgIpc) is 3.06. The summed E-state index contributed by atoms with van der Waals surface area (Å²) in [5, 5.41) is 0. The molecule has 0 aliphatic heterocycles. The summed E-state index contributed by atoms with van der Waals surface area (Å²) in [6.45, 7) is 7.82.